The molecular weight excluding hydrogens is 636 g/mol. The second kappa shape index (κ2) is 15.8. The van der Waals surface area contributed by atoms with Crippen molar-refractivity contribution in [2.45, 2.75) is 96.5 Å². The van der Waals surface area contributed by atoms with E-state index in [-0.39, 0.29) is 10.5 Å². The van der Waals surface area contributed by atoms with E-state index in [4.69, 9.17) is 28.4 Å². The monoisotopic (exact) mass is 674 g/mol. The maximum Gasteiger partial charge on any atom is 0.322 e. The van der Waals surface area contributed by atoms with Crippen molar-refractivity contribution < 1.29 is 70.7 Å². The van der Waals surface area contributed by atoms with Crippen LogP contribution in [-0.2, 0) is 62.5 Å². The number of esters is 4. The second-order valence-electron chi connectivity index (χ2n) is 10.4. The molecule has 1 aromatic rings. The van der Waals surface area contributed by atoms with E-state index < -0.39 is 95.5 Å². The summed E-state index contributed by atoms with van der Waals surface area (Å²) in [6.45, 7) is 8.20. The zero-order chi connectivity index (χ0) is 35.1. The number of sulfonamides is 1. The molecule has 1 heterocycles. The SMILES string of the molecule is COc1cc(C)c(S(=O)(=O)N[C@@H](CC(=O)N[C@@H]2O[C@H](COC(C)=O)[C@@H](OC(C)=O)[C@H](OC(C)=O)[C@H]2OC(C)=O)C(=O)O)c(C)c1C. The van der Waals surface area contributed by atoms with E-state index in [9.17, 15) is 42.3 Å². The fourth-order valence-corrected chi connectivity index (χ4v) is 6.54. The van der Waals surface area contributed by atoms with Crippen molar-refractivity contribution in [1.82, 2.24) is 10.0 Å². The molecule has 1 aliphatic heterocycles. The highest BCUT2D eigenvalue weighted by Gasteiger charge is 2.52. The van der Waals surface area contributed by atoms with Gasteiger partial charge in [-0.3, -0.25) is 28.8 Å². The Morgan fingerprint density at radius 2 is 1.41 bits per heavy atom. The molecule has 1 amide bonds. The standard InChI is InChI=1S/C28H38N2O15S/c1-12-9-20(40-8)13(2)14(3)26(12)46(38,39)30-19(28(36)37)10-22(35)29-27-25(44-18(7)34)24(43-17(6)33)23(42-16(5)32)21(45-27)11-41-15(4)31/h9,19,21,23-25,27,30H,10-11H2,1-8H3,(H,29,35)(H,36,37)/t19-,21+,23+,24-,25+,27+/m0/s1. The van der Waals surface area contributed by atoms with E-state index in [1.165, 1.54) is 27.0 Å². The number of hydrogen-bond donors (Lipinski definition) is 3. The van der Waals surface area contributed by atoms with E-state index in [0.717, 1.165) is 27.7 Å². The molecule has 0 aliphatic carbocycles. The molecule has 1 aliphatic rings. The summed E-state index contributed by atoms with van der Waals surface area (Å²) in [6, 6.07) is -0.513. The molecule has 17 nitrogen and oxygen atoms in total. The highest BCUT2D eigenvalue weighted by molar-refractivity contribution is 7.89. The van der Waals surface area contributed by atoms with Gasteiger partial charge < -0.3 is 38.8 Å². The van der Waals surface area contributed by atoms with E-state index in [0.29, 0.717) is 16.9 Å². The van der Waals surface area contributed by atoms with Crippen LogP contribution in [0.1, 0.15) is 50.8 Å². The van der Waals surface area contributed by atoms with Gasteiger partial charge in [-0.1, -0.05) is 0 Å². The number of carbonyl (C=O) groups is 6. The number of rotatable bonds is 13. The van der Waals surface area contributed by atoms with Crippen molar-refractivity contribution in [2.75, 3.05) is 13.7 Å². The van der Waals surface area contributed by atoms with Crippen molar-refractivity contribution in [3.8, 4) is 5.75 Å². The number of benzene rings is 1. The van der Waals surface area contributed by atoms with Crippen molar-refractivity contribution >= 4 is 45.8 Å². The summed E-state index contributed by atoms with van der Waals surface area (Å²) < 4.78 is 60.6. The molecule has 18 heteroatoms. The average Bonchev–Trinajstić information content (AvgIpc) is 2.91. The van der Waals surface area contributed by atoms with E-state index in [1.54, 1.807) is 6.92 Å². The second-order valence-corrected chi connectivity index (χ2v) is 12.0. The first-order valence-corrected chi connectivity index (χ1v) is 15.3. The van der Waals surface area contributed by atoms with Crippen LogP contribution in [0.3, 0.4) is 0 Å². The van der Waals surface area contributed by atoms with Crippen molar-refractivity contribution in [1.29, 1.82) is 0 Å². The molecule has 256 valence electrons. The third-order valence-corrected chi connectivity index (χ3v) is 8.51. The van der Waals surface area contributed by atoms with Gasteiger partial charge in [0.1, 0.15) is 24.5 Å². The number of carboxylic acids is 1. The molecule has 0 spiro atoms. The van der Waals surface area contributed by atoms with Gasteiger partial charge in [-0.05, 0) is 43.5 Å². The number of methoxy groups -OCH3 is 1. The number of nitrogens with one attached hydrogen (secondary N) is 2. The Hall–Kier alpha value is -4.29. The van der Waals surface area contributed by atoms with Crippen LogP contribution >= 0.6 is 0 Å². The first-order chi connectivity index (χ1) is 21.3. The zero-order valence-electron chi connectivity index (χ0n) is 26.5. The van der Waals surface area contributed by atoms with Crippen molar-refractivity contribution in [3.05, 3.63) is 22.8 Å². The maximum absolute atomic E-state index is 13.4. The molecule has 3 N–H and O–H groups in total. The van der Waals surface area contributed by atoms with Gasteiger partial charge in [0.2, 0.25) is 15.9 Å². The van der Waals surface area contributed by atoms with Gasteiger partial charge in [0.15, 0.2) is 24.5 Å². The molecule has 1 saturated heterocycles. The van der Waals surface area contributed by atoms with Crippen LogP contribution in [0.5, 0.6) is 5.75 Å². The van der Waals surface area contributed by atoms with Crippen molar-refractivity contribution in [3.63, 3.8) is 0 Å². The number of carboxylic acid groups (broad SMARTS) is 1. The molecule has 1 fully saturated rings. The Labute approximate surface area is 265 Å². The van der Waals surface area contributed by atoms with Gasteiger partial charge in [-0.2, -0.15) is 4.72 Å². The lowest BCUT2D eigenvalue weighted by Gasteiger charge is -2.44. The summed E-state index contributed by atoms with van der Waals surface area (Å²) in [5, 5.41) is 12.1. The predicted octanol–water partition coefficient (Wildman–Crippen LogP) is -0.0586. The lowest BCUT2D eigenvalue weighted by atomic mass is 9.97. The smallest absolute Gasteiger partial charge is 0.322 e. The van der Waals surface area contributed by atoms with Gasteiger partial charge in [0.25, 0.3) is 0 Å². The minimum Gasteiger partial charge on any atom is -0.496 e. The molecule has 1 aromatic carbocycles. The molecule has 0 aromatic heterocycles. The van der Waals surface area contributed by atoms with Gasteiger partial charge in [0, 0.05) is 27.7 Å². The van der Waals surface area contributed by atoms with E-state index in [1.807, 2.05) is 4.72 Å². The number of aliphatic carboxylic acids is 1. The van der Waals surface area contributed by atoms with Crippen molar-refractivity contribution in [2.24, 2.45) is 0 Å². The first-order valence-electron chi connectivity index (χ1n) is 13.8. The van der Waals surface area contributed by atoms with E-state index in [2.05, 4.69) is 5.32 Å². The highest BCUT2D eigenvalue weighted by Crippen LogP contribution is 2.31. The topological polar surface area (TPSA) is 236 Å². The number of carbonyl (C=O) groups excluding carboxylic acids is 5. The minimum absolute atomic E-state index is 0.197. The number of hydrogen-bond acceptors (Lipinski definition) is 14. The third-order valence-electron chi connectivity index (χ3n) is 6.75. The van der Waals surface area contributed by atoms with Gasteiger partial charge in [-0.15, -0.1) is 0 Å². The van der Waals surface area contributed by atoms with Crippen LogP contribution in [0.25, 0.3) is 0 Å². The molecule has 6 atom stereocenters. The number of aryl methyl sites for hydroxylation is 1. The Kier molecular flexibility index (Phi) is 13.0. The summed E-state index contributed by atoms with van der Waals surface area (Å²) in [6.07, 6.45) is -8.79. The molecule has 46 heavy (non-hydrogen) atoms. The van der Waals surface area contributed by atoms with Crippen LogP contribution in [0, 0.1) is 20.8 Å². The highest BCUT2D eigenvalue weighted by atomic mass is 32.2. The van der Waals surface area contributed by atoms with Crippen LogP contribution in [0.4, 0.5) is 0 Å². The summed E-state index contributed by atoms with van der Waals surface area (Å²) in [4.78, 5) is 72.5. The summed E-state index contributed by atoms with van der Waals surface area (Å²) >= 11 is 0. The molecule has 0 saturated carbocycles. The maximum atomic E-state index is 13.4. The average molecular weight is 675 g/mol. The van der Waals surface area contributed by atoms with Crippen LogP contribution in [0.2, 0.25) is 0 Å². The third kappa shape index (κ3) is 9.85. The Balaban J connectivity index is 2.43. The predicted molar refractivity (Wildman–Crippen MR) is 154 cm³/mol. The lowest BCUT2D eigenvalue weighted by molar-refractivity contribution is -0.257. The molecule has 2 rings (SSSR count). The Morgan fingerprint density at radius 3 is 1.91 bits per heavy atom. The molecular formula is C28H38N2O15S. The summed E-state index contributed by atoms with van der Waals surface area (Å²) in [7, 11) is -3.09. The fraction of sp³-hybridized carbons (Fsp3) is 0.571. The quantitative estimate of drug-likeness (QED) is 0.184. The molecule has 0 unspecified atom stereocenters. The molecule has 0 bridgehead atoms. The van der Waals surface area contributed by atoms with Crippen LogP contribution < -0.4 is 14.8 Å². The normalized spacial score (nSPS) is 21.7. The zero-order valence-corrected chi connectivity index (χ0v) is 27.3. The summed E-state index contributed by atoms with van der Waals surface area (Å²) in [5.74, 6) is -5.83. The molecule has 0 radical (unpaired) electrons. The number of amides is 1. The fourth-order valence-electron chi connectivity index (χ4n) is 4.82. The van der Waals surface area contributed by atoms with Crippen LogP contribution in [0.15, 0.2) is 11.0 Å². The van der Waals surface area contributed by atoms with Gasteiger partial charge >= 0.3 is 29.8 Å². The van der Waals surface area contributed by atoms with E-state index >= 15 is 0 Å². The Bertz CT molecular complexity index is 1480. The van der Waals surface area contributed by atoms with Gasteiger partial charge in [-0.25, -0.2) is 8.42 Å². The minimum atomic E-state index is -4.51. The largest absolute Gasteiger partial charge is 0.496 e. The van der Waals surface area contributed by atoms with Crippen LogP contribution in [-0.4, -0.2) is 99.7 Å². The number of ether oxygens (including phenoxy) is 6. The summed E-state index contributed by atoms with van der Waals surface area (Å²) in [5.41, 5.74) is 1.07. The lowest BCUT2D eigenvalue weighted by Crippen LogP contribution is -2.66. The Morgan fingerprint density at radius 1 is 0.870 bits per heavy atom. The van der Waals surface area contributed by atoms with Gasteiger partial charge in [0.05, 0.1) is 18.4 Å². The first kappa shape index (κ1) is 37.9.